The second-order valence-corrected chi connectivity index (χ2v) is 8.42. The van der Waals surface area contributed by atoms with Gasteiger partial charge in [0, 0.05) is 12.8 Å². The van der Waals surface area contributed by atoms with E-state index in [2.05, 4.69) is 34.9 Å². The Labute approximate surface area is 190 Å². The van der Waals surface area contributed by atoms with Crippen LogP contribution in [0.15, 0.2) is 41.5 Å². The van der Waals surface area contributed by atoms with E-state index in [0.717, 1.165) is 18.5 Å². The fraction of sp³-hybridized carbons (Fsp3) is 0.615. The molecule has 4 heteroatoms. The van der Waals surface area contributed by atoms with Crippen molar-refractivity contribution in [2.75, 3.05) is 6.54 Å². The maximum atomic E-state index is 5.24. The Balaban J connectivity index is 1.82. The molecule has 0 heterocycles. The molecule has 0 bridgehead atoms. The standard InChI is InChI=1S/C26H43N3S/c1-2-3-4-5-6-7-8-9-10-11-12-13-14-18-23-27-26(30)29-28-24-19-22-25-20-16-15-17-21-25/h15-17,19-22,24H,2-14,18,23H2,1H3,(H2,27,29,30)/b22-19-,28-24+. The van der Waals surface area contributed by atoms with Crippen LogP contribution in [0.4, 0.5) is 0 Å². The van der Waals surface area contributed by atoms with Crippen molar-refractivity contribution in [3.8, 4) is 0 Å². The minimum absolute atomic E-state index is 0.592. The highest BCUT2D eigenvalue weighted by Crippen LogP contribution is 2.12. The van der Waals surface area contributed by atoms with E-state index in [-0.39, 0.29) is 0 Å². The van der Waals surface area contributed by atoms with Gasteiger partial charge in [-0.3, -0.25) is 5.43 Å². The Kier molecular flexibility index (Phi) is 18.1. The van der Waals surface area contributed by atoms with E-state index in [1.807, 2.05) is 30.4 Å². The molecule has 0 aliphatic carbocycles. The number of hydrogen-bond donors (Lipinski definition) is 2. The molecule has 168 valence electrons. The van der Waals surface area contributed by atoms with E-state index < -0.39 is 0 Å². The van der Waals surface area contributed by atoms with Crippen molar-refractivity contribution in [1.82, 2.24) is 10.7 Å². The normalized spacial score (nSPS) is 11.4. The molecule has 0 atom stereocenters. The minimum Gasteiger partial charge on any atom is -0.361 e. The fourth-order valence-electron chi connectivity index (χ4n) is 3.42. The first kappa shape index (κ1) is 26.4. The monoisotopic (exact) mass is 429 g/mol. The number of benzene rings is 1. The van der Waals surface area contributed by atoms with Gasteiger partial charge in [-0.25, -0.2) is 0 Å². The SMILES string of the molecule is CCCCCCCCCCCCCCCCNC(=S)N/N=C/C=C\c1ccccc1. The molecular formula is C26H43N3S. The largest absolute Gasteiger partial charge is 0.361 e. The topological polar surface area (TPSA) is 36.4 Å². The smallest absolute Gasteiger partial charge is 0.186 e. The molecule has 3 nitrogen and oxygen atoms in total. The molecule has 1 aromatic carbocycles. The molecule has 2 N–H and O–H groups in total. The highest BCUT2D eigenvalue weighted by molar-refractivity contribution is 7.80. The van der Waals surface area contributed by atoms with Crippen LogP contribution in [0.1, 0.15) is 102 Å². The summed E-state index contributed by atoms with van der Waals surface area (Å²) in [6.07, 6.45) is 25.0. The predicted molar refractivity (Wildman–Crippen MR) is 138 cm³/mol. The number of unbranched alkanes of at least 4 members (excludes halogenated alkanes) is 13. The van der Waals surface area contributed by atoms with Crippen molar-refractivity contribution in [3.05, 3.63) is 42.0 Å². The van der Waals surface area contributed by atoms with E-state index in [0.29, 0.717) is 5.11 Å². The molecule has 0 saturated heterocycles. The summed E-state index contributed by atoms with van der Waals surface area (Å²) in [6, 6.07) is 10.2. The van der Waals surface area contributed by atoms with Gasteiger partial charge >= 0.3 is 0 Å². The average Bonchev–Trinajstić information content (AvgIpc) is 2.77. The van der Waals surface area contributed by atoms with Crippen LogP contribution < -0.4 is 10.7 Å². The Morgan fingerprint density at radius 2 is 1.33 bits per heavy atom. The van der Waals surface area contributed by atoms with Gasteiger partial charge in [0.15, 0.2) is 5.11 Å². The summed E-state index contributed by atoms with van der Waals surface area (Å²) in [5, 5.41) is 7.92. The van der Waals surface area contributed by atoms with Crippen LogP contribution in [0.5, 0.6) is 0 Å². The summed E-state index contributed by atoms with van der Waals surface area (Å²) in [7, 11) is 0. The summed E-state index contributed by atoms with van der Waals surface area (Å²) >= 11 is 5.24. The lowest BCUT2D eigenvalue weighted by Crippen LogP contribution is -2.32. The molecule has 0 radical (unpaired) electrons. The first-order valence-corrected chi connectivity index (χ1v) is 12.5. The van der Waals surface area contributed by atoms with Crippen molar-refractivity contribution in [3.63, 3.8) is 0 Å². The number of nitrogens with one attached hydrogen (secondary N) is 2. The van der Waals surface area contributed by atoms with Crippen LogP contribution in [0.25, 0.3) is 6.08 Å². The van der Waals surface area contributed by atoms with Gasteiger partial charge in [0.25, 0.3) is 0 Å². The zero-order valence-electron chi connectivity index (χ0n) is 19.1. The first-order valence-electron chi connectivity index (χ1n) is 12.1. The van der Waals surface area contributed by atoms with E-state index >= 15 is 0 Å². The van der Waals surface area contributed by atoms with Gasteiger partial charge in [-0.1, -0.05) is 127 Å². The molecule has 0 amide bonds. The summed E-state index contributed by atoms with van der Waals surface area (Å²) in [5.41, 5.74) is 4.01. The molecule has 30 heavy (non-hydrogen) atoms. The number of hydrazone groups is 1. The van der Waals surface area contributed by atoms with Crippen LogP contribution in [-0.4, -0.2) is 17.9 Å². The summed E-state index contributed by atoms with van der Waals surface area (Å²) < 4.78 is 0. The number of rotatable bonds is 18. The average molecular weight is 430 g/mol. The molecule has 0 fully saturated rings. The van der Waals surface area contributed by atoms with Gasteiger partial charge < -0.3 is 5.32 Å². The van der Waals surface area contributed by atoms with E-state index in [4.69, 9.17) is 12.2 Å². The van der Waals surface area contributed by atoms with Crippen molar-refractivity contribution in [2.45, 2.75) is 96.8 Å². The Morgan fingerprint density at radius 1 is 0.800 bits per heavy atom. The van der Waals surface area contributed by atoms with Gasteiger partial charge in [-0.15, -0.1) is 0 Å². The van der Waals surface area contributed by atoms with Crippen molar-refractivity contribution in [2.24, 2.45) is 5.10 Å². The molecule has 1 aromatic rings. The van der Waals surface area contributed by atoms with E-state index in [9.17, 15) is 0 Å². The van der Waals surface area contributed by atoms with Crippen molar-refractivity contribution >= 4 is 29.6 Å². The second-order valence-electron chi connectivity index (χ2n) is 8.01. The third-order valence-corrected chi connectivity index (χ3v) is 5.47. The Bertz CT molecular complexity index is 569. The third-order valence-electron chi connectivity index (χ3n) is 5.23. The number of nitrogens with zero attached hydrogens (tertiary/aromatic N) is 1. The second kappa shape index (κ2) is 20.6. The molecule has 0 saturated carbocycles. The van der Waals surface area contributed by atoms with Gasteiger partial charge in [-0.05, 0) is 30.3 Å². The third kappa shape index (κ3) is 17.2. The first-order chi connectivity index (χ1) is 14.8. The molecule has 0 spiro atoms. The highest BCUT2D eigenvalue weighted by Gasteiger charge is 1.95. The van der Waals surface area contributed by atoms with Crippen LogP contribution in [0.3, 0.4) is 0 Å². The zero-order chi connectivity index (χ0) is 21.5. The van der Waals surface area contributed by atoms with E-state index in [1.165, 1.54) is 83.5 Å². The Hall–Kier alpha value is -1.68. The van der Waals surface area contributed by atoms with Gasteiger partial charge in [0.2, 0.25) is 0 Å². The highest BCUT2D eigenvalue weighted by atomic mass is 32.1. The molecule has 0 unspecified atom stereocenters. The maximum absolute atomic E-state index is 5.24. The lowest BCUT2D eigenvalue weighted by atomic mass is 10.0. The van der Waals surface area contributed by atoms with E-state index in [1.54, 1.807) is 6.21 Å². The van der Waals surface area contributed by atoms with Crippen molar-refractivity contribution < 1.29 is 0 Å². The molecule has 1 rings (SSSR count). The molecule has 0 aliphatic heterocycles. The summed E-state index contributed by atoms with van der Waals surface area (Å²) in [6.45, 7) is 3.20. The van der Waals surface area contributed by atoms with Crippen LogP contribution in [0.2, 0.25) is 0 Å². The lowest BCUT2D eigenvalue weighted by molar-refractivity contribution is 0.535. The van der Waals surface area contributed by atoms with Gasteiger partial charge in [0.1, 0.15) is 0 Å². The Morgan fingerprint density at radius 3 is 1.90 bits per heavy atom. The van der Waals surface area contributed by atoms with Crippen LogP contribution in [0, 0.1) is 0 Å². The molecule has 0 aromatic heterocycles. The quantitative estimate of drug-likeness (QED) is 0.109. The number of thiocarbonyl (C=S) groups is 1. The lowest BCUT2D eigenvalue weighted by Gasteiger charge is -2.06. The van der Waals surface area contributed by atoms with Crippen LogP contribution in [-0.2, 0) is 0 Å². The molecule has 0 aliphatic rings. The fourth-order valence-corrected chi connectivity index (χ4v) is 3.57. The minimum atomic E-state index is 0.592. The van der Waals surface area contributed by atoms with Gasteiger partial charge in [0.05, 0.1) is 0 Å². The summed E-state index contributed by atoms with van der Waals surface area (Å²) in [4.78, 5) is 0. The summed E-state index contributed by atoms with van der Waals surface area (Å²) in [5.74, 6) is 0. The van der Waals surface area contributed by atoms with Crippen molar-refractivity contribution in [1.29, 1.82) is 0 Å². The molecular weight excluding hydrogens is 386 g/mol. The number of allylic oxidation sites excluding steroid dienone is 1. The van der Waals surface area contributed by atoms with Crippen LogP contribution >= 0.6 is 12.2 Å². The zero-order valence-corrected chi connectivity index (χ0v) is 19.9. The predicted octanol–water partition coefficient (Wildman–Crippen LogP) is 7.63. The number of hydrogen-bond acceptors (Lipinski definition) is 2. The maximum Gasteiger partial charge on any atom is 0.186 e. The van der Waals surface area contributed by atoms with Gasteiger partial charge in [-0.2, -0.15) is 5.10 Å².